The molecule has 2 saturated carbocycles. The molecule has 3 aliphatic rings. The van der Waals surface area contributed by atoms with Crippen molar-refractivity contribution in [2.24, 2.45) is 11.8 Å². The lowest BCUT2D eigenvalue weighted by molar-refractivity contribution is -0.144. The molecule has 0 aliphatic heterocycles. The van der Waals surface area contributed by atoms with Crippen LogP contribution in [0.5, 0.6) is 0 Å². The van der Waals surface area contributed by atoms with Gasteiger partial charge in [0.1, 0.15) is 12.6 Å². The number of aliphatic carboxylic acids is 1. The summed E-state index contributed by atoms with van der Waals surface area (Å²) in [6.45, 7) is 0.274. The van der Waals surface area contributed by atoms with Crippen LogP contribution in [0.15, 0.2) is 48.5 Å². The van der Waals surface area contributed by atoms with E-state index in [1.807, 2.05) is 24.3 Å². The first kappa shape index (κ1) is 22.4. The van der Waals surface area contributed by atoms with E-state index in [-0.39, 0.29) is 36.3 Å². The molecule has 3 N–H and O–H groups in total. The smallest absolute Gasteiger partial charge is 0.407 e. The zero-order chi connectivity index (χ0) is 23.7. The Balaban J connectivity index is 1.06. The summed E-state index contributed by atoms with van der Waals surface area (Å²) in [5.74, 6) is -0.959. The van der Waals surface area contributed by atoms with E-state index in [4.69, 9.17) is 4.74 Å². The molecule has 5 rings (SSSR count). The summed E-state index contributed by atoms with van der Waals surface area (Å²) in [5, 5.41) is 15.0. The number of nitrogens with one attached hydrogen (secondary N) is 2. The first-order chi connectivity index (χ1) is 16.5. The molecule has 2 fully saturated rings. The summed E-state index contributed by atoms with van der Waals surface area (Å²) in [7, 11) is 0. The van der Waals surface area contributed by atoms with Gasteiger partial charge in [-0.25, -0.2) is 9.59 Å². The van der Waals surface area contributed by atoms with Gasteiger partial charge in [0.2, 0.25) is 5.91 Å². The van der Waals surface area contributed by atoms with E-state index in [1.165, 1.54) is 22.3 Å². The van der Waals surface area contributed by atoms with Crippen LogP contribution in [0.3, 0.4) is 0 Å². The maximum Gasteiger partial charge on any atom is 0.407 e. The van der Waals surface area contributed by atoms with Crippen LogP contribution < -0.4 is 10.6 Å². The summed E-state index contributed by atoms with van der Waals surface area (Å²) in [6, 6.07) is 15.6. The highest BCUT2D eigenvalue weighted by Gasteiger charge is 2.36. The number of alkyl carbamates (subject to hydrolysis) is 1. The normalized spacial score (nSPS) is 21.9. The quantitative estimate of drug-likeness (QED) is 0.549. The minimum atomic E-state index is -0.957. The highest BCUT2D eigenvalue weighted by Crippen LogP contribution is 2.44. The fourth-order valence-corrected chi connectivity index (χ4v) is 5.48. The van der Waals surface area contributed by atoms with Gasteiger partial charge in [-0.1, -0.05) is 55.0 Å². The lowest BCUT2D eigenvalue weighted by Crippen LogP contribution is -2.50. The van der Waals surface area contributed by atoms with E-state index in [1.54, 1.807) is 0 Å². The van der Waals surface area contributed by atoms with E-state index in [0.29, 0.717) is 19.3 Å². The van der Waals surface area contributed by atoms with Gasteiger partial charge >= 0.3 is 12.1 Å². The SMILES string of the molecule is O=C(CC1CC(NC(=O)OCC2c3ccccc3-c3ccccc32)C1)NC(C(=O)O)C1CCC1. The molecule has 0 aromatic heterocycles. The molecule has 178 valence electrons. The van der Waals surface area contributed by atoms with Gasteiger partial charge in [0, 0.05) is 18.4 Å². The Bertz CT molecular complexity index is 1040. The molecule has 0 saturated heterocycles. The van der Waals surface area contributed by atoms with Gasteiger partial charge in [0.05, 0.1) is 0 Å². The van der Waals surface area contributed by atoms with Crippen molar-refractivity contribution < 1.29 is 24.2 Å². The van der Waals surface area contributed by atoms with Gasteiger partial charge in [0.15, 0.2) is 0 Å². The maximum absolute atomic E-state index is 12.4. The molecule has 0 radical (unpaired) electrons. The fourth-order valence-electron chi connectivity index (χ4n) is 5.48. The summed E-state index contributed by atoms with van der Waals surface area (Å²) >= 11 is 0. The fraction of sp³-hybridized carbons (Fsp3) is 0.444. The van der Waals surface area contributed by atoms with E-state index >= 15 is 0 Å². The Hall–Kier alpha value is -3.35. The number of carboxylic acid groups (broad SMARTS) is 1. The summed E-state index contributed by atoms with van der Waals surface area (Å²) in [5.41, 5.74) is 4.73. The maximum atomic E-state index is 12.4. The Labute approximate surface area is 198 Å². The molecule has 0 spiro atoms. The number of carbonyl (C=O) groups is 3. The van der Waals surface area contributed by atoms with Crippen LogP contribution in [-0.2, 0) is 14.3 Å². The topological polar surface area (TPSA) is 105 Å². The third-order valence-electron chi connectivity index (χ3n) is 7.58. The second-order valence-electron chi connectivity index (χ2n) is 9.78. The van der Waals surface area contributed by atoms with Crippen molar-refractivity contribution in [1.82, 2.24) is 10.6 Å². The van der Waals surface area contributed by atoms with Crippen molar-refractivity contribution >= 4 is 18.0 Å². The largest absolute Gasteiger partial charge is 0.480 e. The number of hydrogen-bond donors (Lipinski definition) is 3. The Morgan fingerprint density at radius 1 is 0.971 bits per heavy atom. The first-order valence-electron chi connectivity index (χ1n) is 12.1. The van der Waals surface area contributed by atoms with Crippen molar-refractivity contribution in [3.05, 3.63) is 59.7 Å². The molecule has 3 aliphatic carbocycles. The van der Waals surface area contributed by atoms with Crippen LogP contribution in [0.2, 0.25) is 0 Å². The zero-order valence-electron chi connectivity index (χ0n) is 19.0. The van der Waals surface area contributed by atoms with Gasteiger partial charge in [-0.15, -0.1) is 0 Å². The molecule has 2 aromatic carbocycles. The van der Waals surface area contributed by atoms with Crippen LogP contribution in [0.1, 0.15) is 55.6 Å². The number of fused-ring (bicyclic) bond motifs is 3. The highest BCUT2D eigenvalue weighted by molar-refractivity contribution is 5.84. The van der Waals surface area contributed by atoms with Gasteiger partial charge in [-0.3, -0.25) is 4.79 Å². The number of benzene rings is 2. The predicted molar refractivity (Wildman–Crippen MR) is 126 cm³/mol. The number of carbonyl (C=O) groups excluding carboxylic acids is 2. The molecular formula is C27H30N2O5. The molecular weight excluding hydrogens is 432 g/mol. The van der Waals surface area contributed by atoms with E-state index in [9.17, 15) is 19.5 Å². The summed E-state index contributed by atoms with van der Waals surface area (Å²) < 4.78 is 5.59. The molecule has 1 unspecified atom stereocenters. The number of hydrogen-bond acceptors (Lipinski definition) is 4. The van der Waals surface area contributed by atoms with Crippen LogP contribution in [0.25, 0.3) is 11.1 Å². The number of ether oxygens (including phenoxy) is 1. The van der Waals surface area contributed by atoms with Crippen molar-refractivity contribution in [2.45, 2.75) is 56.5 Å². The molecule has 0 bridgehead atoms. The molecule has 7 nitrogen and oxygen atoms in total. The molecule has 7 heteroatoms. The molecule has 2 amide bonds. The van der Waals surface area contributed by atoms with Gasteiger partial charge in [-0.05, 0) is 59.8 Å². The standard InChI is InChI=1S/C27H30N2O5/c30-24(29-25(26(31)32)17-6-5-7-17)14-16-12-18(13-16)28-27(33)34-15-23-21-10-3-1-8-19(21)20-9-2-4-11-22(20)23/h1-4,8-11,16-18,23,25H,5-7,12-15H2,(H,28,33)(H,29,30)(H,31,32). The third-order valence-corrected chi connectivity index (χ3v) is 7.58. The summed E-state index contributed by atoms with van der Waals surface area (Å²) in [6.07, 6.45) is 3.97. The number of carboxylic acids is 1. The minimum absolute atomic E-state index is 0.0182. The Kier molecular flexibility index (Phi) is 6.26. The minimum Gasteiger partial charge on any atom is -0.480 e. The molecule has 0 heterocycles. The van der Waals surface area contributed by atoms with Crippen LogP contribution in [-0.4, -0.2) is 41.8 Å². The zero-order valence-corrected chi connectivity index (χ0v) is 19.0. The summed E-state index contributed by atoms with van der Waals surface area (Å²) in [4.78, 5) is 36.1. The van der Waals surface area contributed by atoms with Crippen molar-refractivity contribution in [2.75, 3.05) is 6.61 Å². The van der Waals surface area contributed by atoms with Gasteiger partial charge in [-0.2, -0.15) is 0 Å². The highest BCUT2D eigenvalue weighted by atomic mass is 16.5. The Morgan fingerprint density at radius 3 is 2.15 bits per heavy atom. The van der Waals surface area contributed by atoms with Crippen LogP contribution in [0.4, 0.5) is 4.79 Å². The van der Waals surface area contributed by atoms with E-state index in [0.717, 1.165) is 19.3 Å². The number of amides is 2. The lowest BCUT2D eigenvalue weighted by Gasteiger charge is -2.36. The van der Waals surface area contributed by atoms with Crippen LogP contribution in [0, 0.1) is 11.8 Å². The van der Waals surface area contributed by atoms with Crippen LogP contribution >= 0.6 is 0 Å². The molecule has 1 atom stereocenters. The second kappa shape index (κ2) is 9.49. The molecule has 2 aromatic rings. The molecule has 34 heavy (non-hydrogen) atoms. The van der Waals surface area contributed by atoms with Gasteiger partial charge < -0.3 is 20.5 Å². The second-order valence-corrected chi connectivity index (χ2v) is 9.78. The van der Waals surface area contributed by atoms with Crippen molar-refractivity contribution in [3.63, 3.8) is 0 Å². The Morgan fingerprint density at radius 2 is 1.59 bits per heavy atom. The lowest BCUT2D eigenvalue weighted by atomic mass is 9.77. The average molecular weight is 463 g/mol. The average Bonchev–Trinajstić information content (AvgIpc) is 3.08. The first-order valence-corrected chi connectivity index (χ1v) is 12.1. The van der Waals surface area contributed by atoms with Crippen molar-refractivity contribution in [3.8, 4) is 11.1 Å². The third kappa shape index (κ3) is 4.52. The monoisotopic (exact) mass is 462 g/mol. The number of rotatable bonds is 8. The van der Waals surface area contributed by atoms with E-state index < -0.39 is 18.1 Å². The van der Waals surface area contributed by atoms with Gasteiger partial charge in [0.25, 0.3) is 0 Å². The predicted octanol–water partition coefficient (Wildman–Crippen LogP) is 4.06. The van der Waals surface area contributed by atoms with Crippen molar-refractivity contribution in [1.29, 1.82) is 0 Å². The van der Waals surface area contributed by atoms with E-state index in [2.05, 4.69) is 34.9 Å².